The first-order valence-corrected chi connectivity index (χ1v) is 47.3. The molecule has 0 fully saturated rings. The van der Waals surface area contributed by atoms with Gasteiger partial charge in [-0.3, -0.25) is 9.59 Å². The number of carbonyl (C=O) groups is 4. The summed E-state index contributed by atoms with van der Waals surface area (Å²) < 4.78 is 52.6. The highest BCUT2D eigenvalue weighted by atomic mass is 127. The third-order valence-corrected chi connectivity index (χ3v) is 19.5. The number of rotatable bonds is 22. The Kier molecular flexibility index (Phi) is 44.2. The van der Waals surface area contributed by atoms with Crippen molar-refractivity contribution in [1.29, 1.82) is 26.3 Å². The van der Waals surface area contributed by atoms with Gasteiger partial charge in [0.1, 0.15) is 29.5 Å². The number of nitrogens with two attached hydrogens (primary N) is 2. The van der Waals surface area contributed by atoms with Crippen molar-refractivity contribution in [3.8, 4) is 76.9 Å². The molecule has 29 nitrogen and oxygen atoms in total. The molecule has 4 aromatic heterocycles. The molecule has 126 heavy (non-hydrogen) atoms. The van der Waals surface area contributed by atoms with Gasteiger partial charge in [-0.05, 0) is 159 Å². The van der Waals surface area contributed by atoms with Crippen LogP contribution in [0.2, 0.25) is 0 Å². The summed E-state index contributed by atoms with van der Waals surface area (Å²) in [4.78, 5) is 69.9. The van der Waals surface area contributed by atoms with Crippen LogP contribution in [0.4, 0.5) is 22.7 Å². The predicted octanol–water partition coefficient (Wildman–Crippen LogP) is 19.6. The number of esters is 1. The Bertz CT molecular complexity index is 5300. The van der Waals surface area contributed by atoms with Gasteiger partial charge in [0.2, 0.25) is 35.3 Å². The van der Waals surface area contributed by atoms with E-state index in [1.165, 1.54) is 30.9 Å². The number of aromatic nitrogens is 4. The number of carboxylic acid groups (broad SMARTS) is 1. The minimum atomic E-state index is -1.05. The van der Waals surface area contributed by atoms with Crippen LogP contribution >= 0.6 is 160 Å². The molecule has 0 spiro atoms. The number of aliphatic carboxylic acids is 1. The summed E-state index contributed by atoms with van der Waals surface area (Å²) in [5, 5.41) is 68.8. The number of ether oxygens (including phenoxy) is 9. The summed E-state index contributed by atoms with van der Waals surface area (Å²) in [6.07, 6.45) is 6.97. The molecule has 4 aliphatic heterocycles. The second-order valence-electron chi connectivity index (χ2n) is 27.0. The third-order valence-electron chi connectivity index (χ3n) is 19.5. The van der Waals surface area contributed by atoms with E-state index in [0.717, 1.165) is 56.1 Å². The van der Waals surface area contributed by atoms with E-state index in [1.807, 2.05) is 80.2 Å². The maximum absolute atomic E-state index is 13.2. The number of fused-ring (bicyclic) bond motifs is 4. The number of carboxylic acids is 1. The molecule has 4 aliphatic rings. The van der Waals surface area contributed by atoms with Crippen LogP contribution in [0.25, 0.3) is 0 Å². The molecule has 664 valence electrons. The standard InChI is InChI=1S/C24H24N4O4.2C21H22N4O3.C21H21N3O4.CHI3.CH2I2.CH3I.HI/c1-5-31-23-21-20(17-8-7-16(12-26)11-18(17)30-4)19(24(29)32-10-6-9-25)15(3)28-22(21)14(2)13-27-23;2*1-5-28-21-18-17(14-7-6-13(9-22)8-15(14)27-4)16(20(23)26)12(3)25-19(18)11(2)10-24-21;1-5-28-20-18-17(14-7-6-13(9-22)8-15(14)27-4)16(21(25)26)12(3)24-19(18)11(2)10-23-20;2-1(3)4;2-1-3;1-2;/h7-8,11,13,20,28H,5-6,10H2,1-4H3;2*6-8,10,17,25H,5H2,1-4H3,(H2,23,26);6-8,10,17,24H,5H2,1-4H3,(H,25,26);1H;1H2;1H3;1H/t;17-;;;;;;/m.1....../s1. The summed E-state index contributed by atoms with van der Waals surface area (Å²) in [7, 11) is 6.07. The molecule has 2 amide bonds. The molecular formula is C90H96I7N15O14. The number of nitrogens with zero attached hydrogens (tertiary/aromatic N) is 9. The predicted molar refractivity (Wildman–Crippen MR) is 545 cm³/mol. The quantitative estimate of drug-likeness (QED) is 0.0143. The Morgan fingerprint density at radius 3 is 0.881 bits per heavy atom. The summed E-state index contributed by atoms with van der Waals surface area (Å²) >= 11 is 13.6. The number of amides is 2. The molecule has 12 rings (SSSR count). The number of carbonyl (C=O) groups excluding carboxylic acids is 3. The highest BCUT2D eigenvalue weighted by Crippen LogP contribution is 2.54. The second kappa shape index (κ2) is 52.1. The van der Waals surface area contributed by atoms with Gasteiger partial charge in [0.15, 0.2) is 0 Å². The summed E-state index contributed by atoms with van der Waals surface area (Å²) in [5.41, 5.74) is 29.5. The normalized spacial score (nSPS) is 14.4. The average Bonchev–Trinajstić information content (AvgIpc) is 0.762. The van der Waals surface area contributed by atoms with Crippen LogP contribution in [0, 0.1) is 84.4 Å². The minimum Gasteiger partial charge on any atom is -0.496 e. The van der Waals surface area contributed by atoms with Crippen molar-refractivity contribution in [2.45, 2.75) is 113 Å². The fourth-order valence-electron chi connectivity index (χ4n) is 14.4. The number of pyridine rings is 4. The van der Waals surface area contributed by atoms with Crippen molar-refractivity contribution in [1.82, 2.24) is 19.9 Å². The number of alkyl halides is 6. The van der Waals surface area contributed by atoms with Gasteiger partial charge in [0, 0.05) is 81.0 Å². The van der Waals surface area contributed by atoms with E-state index in [0.29, 0.717) is 168 Å². The van der Waals surface area contributed by atoms with Crippen LogP contribution in [-0.4, -0.2) is 118 Å². The van der Waals surface area contributed by atoms with Gasteiger partial charge in [-0.25, -0.2) is 29.5 Å². The Morgan fingerprint density at radius 2 is 0.667 bits per heavy atom. The van der Waals surface area contributed by atoms with Crippen molar-refractivity contribution in [3.05, 3.63) is 232 Å². The van der Waals surface area contributed by atoms with Crippen LogP contribution in [0.5, 0.6) is 46.5 Å². The number of benzene rings is 4. The molecule has 9 N–H and O–H groups in total. The smallest absolute Gasteiger partial charge is 0.336 e. The fraction of sp³-hybridized carbons (Fsp3) is 0.322. The number of anilines is 4. The van der Waals surface area contributed by atoms with Crippen molar-refractivity contribution in [2.75, 3.05) is 90.1 Å². The zero-order valence-corrected chi connectivity index (χ0v) is 87.5. The molecule has 0 radical (unpaired) electrons. The van der Waals surface area contributed by atoms with E-state index in [1.54, 1.807) is 111 Å². The number of allylic oxidation sites excluding steroid dienone is 4. The monoisotopic (exact) mass is 2500 g/mol. The third kappa shape index (κ3) is 25.7. The Labute approximate surface area is 833 Å². The van der Waals surface area contributed by atoms with Crippen LogP contribution in [0.3, 0.4) is 0 Å². The number of methoxy groups -OCH3 is 4. The van der Waals surface area contributed by atoms with Gasteiger partial charge in [0.05, 0.1) is 196 Å². The summed E-state index contributed by atoms with van der Waals surface area (Å²) in [5.74, 6) is -1.52. The average molecular weight is 2500 g/mol. The van der Waals surface area contributed by atoms with E-state index >= 15 is 0 Å². The maximum Gasteiger partial charge on any atom is 0.336 e. The fourth-order valence-corrected chi connectivity index (χ4v) is 14.4. The molecule has 3 unspecified atom stereocenters. The van der Waals surface area contributed by atoms with Crippen molar-refractivity contribution >= 4 is 206 Å². The number of primary amides is 2. The van der Waals surface area contributed by atoms with Crippen molar-refractivity contribution in [2.24, 2.45) is 11.5 Å². The lowest BCUT2D eigenvalue weighted by Gasteiger charge is -2.32. The van der Waals surface area contributed by atoms with Crippen LogP contribution in [0.15, 0.2) is 143 Å². The molecule has 0 bridgehead atoms. The molecule has 8 aromatic rings. The van der Waals surface area contributed by atoms with Crippen LogP contribution < -0.4 is 70.6 Å². The summed E-state index contributed by atoms with van der Waals surface area (Å²) in [6, 6.07) is 30.7. The number of hydrogen-bond donors (Lipinski definition) is 7. The molecule has 0 aliphatic carbocycles. The minimum absolute atomic E-state index is 0. The van der Waals surface area contributed by atoms with E-state index in [-0.39, 0.29) is 42.6 Å². The van der Waals surface area contributed by atoms with Gasteiger partial charge < -0.3 is 80.5 Å². The molecule has 8 heterocycles. The van der Waals surface area contributed by atoms with Gasteiger partial charge >= 0.3 is 11.9 Å². The zero-order chi connectivity index (χ0) is 92.8. The molecule has 4 atom stereocenters. The Hall–Kier alpha value is -9.52. The van der Waals surface area contributed by atoms with Gasteiger partial charge in [-0.1, -0.05) is 160 Å². The largest absolute Gasteiger partial charge is 0.496 e. The lowest BCUT2D eigenvalue weighted by molar-refractivity contribution is -0.139. The summed E-state index contributed by atoms with van der Waals surface area (Å²) in [6.45, 7) is 23.9. The number of hydrogen-bond acceptors (Lipinski definition) is 26. The first kappa shape index (κ1) is 107. The number of nitriles is 5. The molecule has 4 aromatic carbocycles. The number of halogens is 7. The first-order valence-electron chi connectivity index (χ1n) is 38.4. The molecule has 0 saturated carbocycles. The highest BCUT2D eigenvalue weighted by Gasteiger charge is 2.43. The lowest BCUT2D eigenvalue weighted by atomic mass is 9.79. The molecular weight excluding hydrogens is 2400 g/mol. The highest BCUT2D eigenvalue weighted by molar-refractivity contribution is 14.3. The SMILES string of the molecule is CCOc1ncc(C)c2c1C(c1ccc(C#N)cc1OC)C(C(=O)O)=C(C)N2.CCOc1ncc(C)c2c1C(c1ccc(C#N)cc1OC)C(C(=O)OCCC#N)=C(C)N2.CCOc1ncc(C)c2c1C(c1ccc(C#N)cc1OC)C(C(N)=O)=C(C)N2.CCOc1ncc(C)c2c1[C@H](c1ccc(C#N)cc1OC)C(C(N)=O)=C(C)N2.CI.I.IC(I)I.ICI. The van der Waals surface area contributed by atoms with Crippen molar-refractivity contribution in [3.63, 3.8) is 0 Å². The first-order chi connectivity index (χ1) is 59.9. The lowest BCUT2D eigenvalue weighted by Crippen LogP contribution is -2.28. The molecule has 36 heteroatoms. The second-order valence-corrected chi connectivity index (χ2v) is 42.3. The Balaban J connectivity index is 0.000000288. The van der Waals surface area contributed by atoms with E-state index in [4.69, 9.17) is 59.4 Å². The topological polar surface area (TPSA) is 442 Å². The number of aryl methyl sites for hydroxylation is 4. The van der Waals surface area contributed by atoms with Crippen LogP contribution in [0.1, 0.15) is 174 Å². The van der Waals surface area contributed by atoms with E-state index in [9.17, 15) is 45.3 Å². The molecule has 0 saturated heterocycles. The van der Waals surface area contributed by atoms with Gasteiger partial charge in [-0.15, -0.1) is 24.0 Å². The van der Waals surface area contributed by atoms with Crippen LogP contribution in [-0.2, 0) is 23.9 Å². The maximum atomic E-state index is 13.2. The van der Waals surface area contributed by atoms with E-state index < -0.39 is 47.4 Å². The van der Waals surface area contributed by atoms with Gasteiger partial charge in [0.25, 0.3) is 0 Å². The zero-order valence-electron chi connectivity index (χ0n) is 72.2. The Morgan fingerprint density at radius 1 is 0.437 bits per heavy atom. The van der Waals surface area contributed by atoms with Crippen molar-refractivity contribution < 1.29 is 66.9 Å². The van der Waals surface area contributed by atoms with E-state index in [2.05, 4.69) is 201 Å². The number of nitrogens with one attached hydrogen (secondary N) is 4. The van der Waals surface area contributed by atoms with Gasteiger partial charge in [-0.2, -0.15) is 26.3 Å².